The lowest BCUT2D eigenvalue weighted by molar-refractivity contribution is 0.143. The van der Waals surface area contributed by atoms with Gasteiger partial charge in [-0.25, -0.2) is 4.79 Å². The van der Waals surface area contributed by atoms with E-state index in [1.54, 1.807) is 0 Å². The fourth-order valence-corrected chi connectivity index (χ4v) is 4.11. The molecule has 1 amide bonds. The second kappa shape index (κ2) is 7.39. The van der Waals surface area contributed by atoms with Gasteiger partial charge in [-0.1, -0.05) is 48.5 Å². The highest BCUT2D eigenvalue weighted by molar-refractivity contribution is 6.63. The third kappa shape index (κ3) is 4.28. The van der Waals surface area contributed by atoms with E-state index in [2.05, 4.69) is 29.6 Å². The van der Waals surface area contributed by atoms with Gasteiger partial charge in [-0.2, -0.15) is 0 Å². The summed E-state index contributed by atoms with van der Waals surface area (Å²) in [7, 11) is -3.04. The Bertz CT molecular complexity index is 712. The minimum absolute atomic E-state index is 0.0451. The third-order valence-corrected chi connectivity index (χ3v) is 5.74. The van der Waals surface area contributed by atoms with Crippen LogP contribution in [0.1, 0.15) is 23.5 Å². The molecule has 0 aliphatic heterocycles. The van der Waals surface area contributed by atoms with E-state index in [0.29, 0.717) is 19.0 Å². The van der Waals surface area contributed by atoms with Crippen LogP contribution in [0.25, 0.3) is 11.1 Å². The highest BCUT2D eigenvalue weighted by Crippen LogP contribution is 2.44. The van der Waals surface area contributed by atoms with Crippen LogP contribution in [0.15, 0.2) is 48.5 Å². The van der Waals surface area contributed by atoms with Gasteiger partial charge in [0.25, 0.3) is 0 Å². The second-order valence-electron chi connectivity index (χ2n) is 6.57. The highest BCUT2D eigenvalue weighted by atomic mass is 28.4. The van der Waals surface area contributed by atoms with Crippen LogP contribution in [0, 0.1) is 0 Å². The molecule has 0 aromatic heterocycles. The van der Waals surface area contributed by atoms with Crippen molar-refractivity contribution >= 4 is 14.7 Å². The van der Waals surface area contributed by atoms with Gasteiger partial charge >= 0.3 is 14.7 Å². The van der Waals surface area contributed by atoms with Crippen LogP contribution in [-0.4, -0.2) is 37.4 Å². The van der Waals surface area contributed by atoms with Gasteiger partial charge < -0.3 is 19.6 Å². The van der Waals surface area contributed by atoms with Crippen molar-refractivity contribution in [2.75, 3.05) is 13.2 Å². The molecule has 3 N–H and O–H groups in total. The zero-order valence-electron chi connectivity index (χ0n) is 14.2. The van der Waals surface area contributed by atoms with Crippen LogP contribution in [0.4, 0.5) is 4.79 Å². The summed E-state index contributed by atoms with van der Waals surface area (Å²) in [5, 5.41) is 2.67. The van der Waals surface area contributed by atoms with Crippen LogP contribution in [0.5, 0.6) is 0 Å². The minimum atomic E-state index is -3.04. The molecule has 2 aromatic rings. The molecule has 132 valence electrons. The zero-order valence-corrected chi connectivity index (χ0v) is 15.2. The molecule has 0 atom stereocenters. The molecule has 3 rings (SSSR count). The van der Waals surface area contributed by atoms with Crippen molar-refractivity contribution in [3.63, 3.8) is 0 Å². The van der Waals surface area contributed by atoms with Gasteiger partial charge in [-0.15, -0.1) is 0 Å². The van der Waals surface area contributed by atoms with Crippen LogP contribution in [0.3, 0.4) is 0 Å². The van der Waals surface area contributed by atoms with Crippen LogP contribution < -0.4 is 5.32 Å². The first-order chi connectivity index (χ1) is 12.0. The molecule has 0 heterocycles. The van der Waals surface area contributed by atoms with Gasteiger partial charge in [0.2, 0.25) is 0 Å². The number of fused-ring (bicyclic) bond motifs is 3. The lowest BCUT2D eigenvalue weighted by Crippen LogP contribution is -2.32. The van der Waals surface area contributed by atoms with Gasteiger partial charge in [0, 0.05) is 12.5 Å². The Morgan fingerprint density at radius 1 is 1.08 bits per heavy atom. The standard InChI is InChI=1S/C19H23NO4Si/c1-25(22,23)12-6-11-20-19(21)24-13-18-16-9-4-2-7-14(16)15-8-3-5-10-17(15)18/h2-5,7-10,18,22-23H,6,11-13H2,1H3,(H,20,21). The number of amides is 1. The van der Waals surface area contributed by atoms with Gasteiger partial charge in [-0.05, 0) is 41.3 Å². The van der Waals surface area contributed by atoms with Crippen molar-refractivity contribution < 1.29 is 19.1 Å². The third-order valence-electron chi connectivity index (χ3n) is 4.44. The molecule has 0 spiro atoms. The van der Waals surface area contributed by atoms with Gasteiger partial charge in [0.1, 0.15) is 6.61 Å². The topological polar surface area (TPSA) is 78.8 Å². The summed E-state index contributed by atoms with van der Waals surface area (Å²) in [5.74, 6) is 0.0451. The van der Waals surface area contributed by atoms with E-state index in [-0.39, 0.29) is 12.5 Å². The molecule has 0 fully saturated rings. The number of hydrogen-bond donors (Lipinski definition) is 3. The maximum Gasteiger partial charge on any atom is 0.407 e. The summed E-state index contributed by atoms with van der Waals surface area (Å²) in [5.41, 5.74) is 4.75. The molecule has 0 unspecified atom stereocenters. The fraction of sp³-hybridized carbons (Fsp3) is 0.316. The first-order valence-corrected chi connectivity index (χ1v) is 11.1. The van der Waals surface area contributed by atoms with E-state index < -0.39 is 14.7 Å². The first-order valence-electron chi connectivity index (χ1n) is 8.49. The lowest BCUT2D eigenvalue weighted by Gasteiger charge is -2.15. The molecular weight excluding hydrogens is 334 g/mol. The number of rotatable bonds is 6. The molecule has 0 radical (unpaired) electrons. The van der Waals surface area contributed by atoms with Crippen molar-refractivity contribution in [1.82, 2.24) is 5.32 Å². The Labute approximate surface area is 148 Å². The Hall–Kier alpha value is -2.15. The number of ether oxygens (including phenoxy) is 1. The summed E-state index contributed by atoms with van der Waals surface area (Å²) in [6.07, 6.45) is 0.0565. The number of carbonyl (C=O) groups excluding carboxylic acids is 1. The summed E-state index contributed by atoms with van der Waals surface area (Å²) in [6.45, 7) is 2.12. The predicted octanol–water partition coefficient (Wildman–Crippen LogP) is 2.97. The quantitative estimate of drug-likeness (QED) is 0.549. The van der Waals surface area contributed by atoms with Gasteiger partial charge in [0.15, 0.2) is 0 Å². The summed E-state index contributed by atoms with van der Waals surface area (Å²) >= 11 is 0. The van der Waals surface area contributed by atoms with Crippen molar-refractivity contribution in [2.24, 2.45) is 0 Å². The fourth-order valence-electron chi connectivity index (χ4n) is 3.26. The average molecular weight is 357 g/mol. The number of alkyl carbamates (subject to hydrolysis) is 1. The van der Waals surface area contributed by atoms with Crippen molar-refractivity contribution in [1.29, 1.82) is 0 Å². The Morgan fingerprint density at radius 3 is 2.20 bits per heavy atom. The Morgan fingerprint density at radius 2 is 1.64 bits per heavy atom. The molecule has 6 heteroatoms. The largest absolute Gasteiger partial charge is 0.449 e. The Balaban J connectivity index is 1.57. The number of nitrogens with one attached hydrogen (secondary N) is 1. The molecule has 0 saturated carbocycles. The van der Waals surface area contributed by atoms with Gasteiger partial charge in [0.05, 0.1) is 0 Å². The zero-order chi connectivity index (χ0) is 17.9. The molecule has 1 aliphatic carbocycles. The normalized spacial score (nSPS) is 13.2. The Kier molecular flexibility index (Phi) is 5.22. The molecular formula is C19H23NO4Si. The van der Waals surface area contributed by atoms with E-state index in [1.807, 2.05) is 24.3 Å². The lowest BCUT2D eigenvalue weighted by atomic mass is 9.98. The minimum Gasteiger partial charge on any atom is -0.449 e. The summed E-state index contributed by atoms with van der Waals surface area (Å²) < 4.78 is 5.41. The number of carbonyl (C=O) groups is 1. The summed E-state index contributed by atoms with van der Waals surface area (Å²) in [6, 6.07) is 16.7. The van der Waals surface area contributed by atoms with Crippen LogP contribution in [-0.2, 0) is 4.74 Å². The molecule has 2 aromatic carbocycles. The van der Waals surface area contributed by atoms with Crippen LogP contribution in [0.2, 0.25) is 12.6 Å². The highest BCUT2D eigenvalue weighted by Gasteiger charge is 2.29. The molecule has 1 aliphatic rings. The average Bonchev–Trinajstić information content (AvgIpc) is 2.90. The van der Waals surface area contributed by atoms with Crippen LogP contribution >= 0.6 is 0 Å². The maximum atomic E-state index is 11.9. The summed E-state index contributed by atoms with van der Waals surface area (Å²) in [4.78, 5) is 30.6. The van der Waals surface area contributed by atoms with Gasteiger partial charge in [-0.3, -0.25) is 0 Å². The van der Waals surface area contributed by atoms with E-state index in [0.717, 1.165) is 0 Å². The van der Waals surface area contributed by atoms with E-state index in [9.17, 15) is 14.4 Å². The molecule has 0 saturated heterocycles. The van der Waals surface area contributed by atoms with E-state index in [4.69, 9.17) is 4.74 Å². The van der Waals surface area contributed by atoms with Crippen molar-refractivity contribution in [2.45, 2.75) is 24.9 Å². The van der Waals surface area contributed by atoms with E-state index >= 15 is 0 Å². The SMILES string of the molecule is C[Si](O)(O)CCCNC(=O)OCC1c2ccccc2-c2ccccc21. The monoisotopic (exact) mass is 357 g/mol. The smallest absolute Gasteiger partial charge is 0.407 e. The predicted molar refractivity (Wildman–Crippen MR) is 98.6 cm³/mol. The molecule has 5 nitrogen and oxygen atoms in total. The molecule has 25 heavy (non-hydrogen) atoms. The first kappa shape index (κ1) is 17.7. The second-order valence-corrected chi connectivity index (χ2v) is 9.51. The number of benzene rings is 2. The maximum absolute atomic E-state index is 11.9. The number of hydrogen-bond acceptors (Lipinski definition) is 4. The molecule has 0 bridgehead atoms. The van der Waals surface area contributed by atoms with Crippen molar-refractivity contribution in [3.8, 4) is 11.1 Å². The van der Waals surface area contributed by atoms with E-state index in [1.165, 1.54) is 28.8 Å². The van der Waals surface area contributed by atoms with Crippen molar-refractivity contribution in [3.05, 3.63) is 59.7 Å².